The SMILES string of the molecule is [N-]=[N+]=Nc1cc([N+](=O)[O-])nc2c1n[n+]1[n-]c3c(N=[N+]=[N-])cc([N+](=O)[O-])nc3n21. The molecule has 4 rings (SSSR count). The number of nitro groups is 2. The Morgan fingerprint density at radius 2 is 1.61 bits per heavy atom. The van der Waals surface area contributed by atoms with Crippen molar-refractivity contribution in [2.75, 3.05) is 0 Å². The summed E-state index contributed by atoms with van der Waals surface area (Å²) in [6, 6.07) is 1.83. The molecular formula is C10H2N14O4. The molecule has 0 aliphatic rings. The third kappa shape index (κ3) is 2.24. The first kappa shape index (κ1) is 16.4. The predicted octanol–water partition coefficient (Wildman–Crippen LogP) is 1.67. The lowest BCUT2D eigenvalue weighted by Gasteiger charge is -1.96. The van der Waals surface area contributed by atoms with E-state index in [-0.39, 0.29) is 33.7 Å². The molecule has 0 saturated carbocycles. The molecule has 0 fully saturated rings. The molecule has 136 valence electrons. The number of pyridine rings is 2. The molecule has 0 amide bonds. The van der Waals surface area contributed by atoms with Crippen LogP contribution in [0.4, 0.5) is 23.0 Å². The van der Waals surface area contributed by atoms with Gasteiger partial charge in [-0.05, 0) is 35.6 Å². The first-order valence-corrected chi connectivity index (χ1v) is 6.97. The standard InChI is InChI=1S/C10H2N14O4/c11-19-15-3-1-5(22(25)26)13-9-7(3)17-24-18-8-4(16-20-12)2-6(23(27)28)14-10(8)21(9)24/h1-2H. The zero-order valence-electron chi connectivity index (χ0n) is 13.0. The highest BCUT2D eigenvalue weighted by Gasteiger charge is 2.27. The van der Waals surface area contributed by atoms with Crippen molar-refractivity contribution in [1.82, 2.24) is 24.7 Å². The molecule has 0 spiro atoms. The summed E-state index contributed by atoms with van der Waals surface area (Å²) >= 11 is 0. The maximum atomic E-state index is 11.1. The summed E-state index contributed by atoms with van der Waals surface area (Å²) in [6.07, 6.45) is 0. The van der Waals surface area contributed by atoms with E-state index < -0.39 is 21.5 Å². The highest BCUT2D eigenvalue weighted by Crippen LogP contribution is 2.30. The van der Waals surface area contributed by atoms with Crippen LogP contribution in [0, 0.1) is 20.2 Å². The number of hydrogen-bond acceptors (Lipinski definition) is 9. The average Bonchev–Trinajstić information content (AvgIpc) is 3.18. The maximum Gasteiger partial charge on any atom is 0.365 e. The first-order valence-electron chi connectivity index (χ1n) is 6.97. The van der Waals surface area contributed by atoms with Gasteiger partial charge in [0.15, 0.2) is 0 Å². The third-order valence-electron chi connectivity index (χ3n) is 3.52. The van der Waals surface area contributed by atoms with Gasteiger partial charge in [0.1, 0.15) is 11.0 Å². The normalized spacial score (nSPS) is 10.7. The Labute approximate surface area is 149 Å². The Bertz CT molecular complexity index is 1330. The van der Waals surface area contributed by atoms with E-state index in [2.05, 4.69) is 40.2 Å². The van der Waals surface area contributed by atoms with E-state index >= 15 is 0 Å². The van der Waals surface area contributed by atoms with E-state index in [4.69, 9.17) is 11.1 Å². The minimum absolute atomic E-state index is 0.0589. The summed E-state index contributed by atoms with van der Waals surface area (Å²) in [5, 5.41) is 37.0. The van der Waals surface area contributed by atoms with Crippen molar-refractivity contribution in [2.45, 2.75) is 0 Å². The van der Waals surface area contributed by atoms with Crippen LogP contribution in [-0.2, 0) is 0 Å². The molecule has 0 radical (unpaired) electrons. The van der Waals surface area contributed by atoms with Gasteiger partial charge in [0.05, 0.1) is 11.4 Å². The van der Waals surface area contributed by atoms with Gasteiger partial charge in [0.25, 0.3) is 11.3 Å². The first-order chi connectivity index (χ1) is 13.4. The van der Waals surface area contributed by atoms with Crippen LogP contribution in [0.25, 0.3) is 43.2 Å². The second-order valence-corrected chi connectivity index (χ2v) is 5.02. The molecule has 4 aromatic heterocycles. The number of fused-ring (bicyclic) bond motifs is 5. The topological polar surface area (TPSA) is 245 Å². The van der Waals surface area contributed by atoms with Crippen LogP contribution in [0.5, 0.6) is 0 Å². The molecule has 18 nitrogen and oxygen atoms in total. The Kier molecular flexibility index (Phi) is 3.35. The Morgan fingerprint density at radius 3 is 2.21 bits per heavy atom. The van der Waals surface area contributed by atoms with Crippen LogP contribution in [0.1, 0.15) is 0 Å². The summed E-state index contributed by atoms with van der Waals surface area (Å²) in [5.41, 5.74) is 16.4. The van der Waals surface area contributed by atoms with Crippen molar-refractivity contribution in [3.63, 3.8) is 0 Å². The van der Waals surface area contributed by atoms with Gasteiger partial charge in [0, 0.05) is 22.0 Å². The van der Waals surface area contributed by atoms with Crippen molar-refractivity contribution in [2.24, 2.45) is 10.2 Å². The van der Waals surface area contributed by atoms with Crippen LogP contribution in [-0.4, -0.2) is 29.4 Å². The zero-order valence-corrected chi connectivity index (χ0v) is 13.0. The largest absolute Gasteiger partial charge is 0.365 e. The lowest BCUT2D eigenvalue weighted by Crippen LogP contribution is -2.33. The highest BCUT2D eigenvalue weighted by molar-refractivity contribution is 5.89. The van der Waals surface area contributed by atoms with Gasteiger partial charge in [-0.15, -0.1) is 0 Å². The number of hydrogen-bond donors (Lipinski definition) is 0. The number of aromatic nitrogens is 6. The van der Waals surface area contributed by atoms with Gasteiger partial charge in [-0.3, -0.25) is 0 Å². The number of azide groups is 2. The van der Waals surface area contributed by atoms with Gasteiger partial charge in [-0.25, -0.2) is 0 Å². The molecule has 18 heteroatoms. The van der Waals surface area contributed by atoms with E-state index in [0.717, 1.165) is 21.4 Å². The molecule has 0 saturated heterocycles. The van der Waals surface area contributed by atoms with Crippen LogP contribution in [0.3, 0.4) is 0 Å². The van der Waals surface area contributed by atoms with Crippen molar-refractivity contribution < 1.29 is 14.6 Å². The fourth-order valence-electron chi connectivity index (χ4n) is 2.48. The Hall–Kier alpha value is -5.08. The smallest absolute Gasteiger partial charge is 0.358 e. The Morgan fingerprint density at radius 1 is 1.04 bits per heavy atom. The predicted molar refractivity (Wildman–Crippen MR) is 85.7 cm³/mol. The molecule has 0 atom stereocenters. The van der Waals surface area contributed by atoms with Gasteiger partial charge in [0.2, 0.25) is 0 Å². The fourth-order valence-corrected chi connectivity index (χ4v) is 2.48. The molecule has 0 bridgehead atoms. The lowest BCUT2D eigenvalue weighted by molar-refractivity contribution is -0.727. The van der Waals surface area contributed by atoms with Crippen LogP contribution < -0.4 is 9.84 Å². The van der Waals surface area contributed by atoms with Gasteiger partial charge < -0.3 is 20.2 Å². The van der Waals surface area contributed by atoms with Crippen LogP contribution in [0.15, 0.2) is 22.4 Å². The minimum atomic E-state index is -0.820. The summed E-state index contributed by atoms with van der Waals surface area (Å²) in [4.78, 5) is 33.5. The summed E-state index contributed by atoms with van der Waals surface area (Å²) in [6.45, 7) is 0. The number of rotatable bonds is 4. The molecular weight excluding hydrogens is 380 g/mol. The molecule has 28 heavy (non-hydrogen) atoms. The number of nitrogens with zero attached hydrogens (tertiary/aromatic N) is 14. The summed E-state index contributed by atoms with van der Waals surface area (Å²) in [5.74, 6) is -1.32. The van der Waals surface area contributed by atoms with Gasteiger partial charge >= 0.3 is 11.6 Å². The second-order valence-electron chi connectivity index (χ2n) is 5.02. The average molecular weight is 382 g/mol. The van der Waals surface area contributed by atoms with E-state index in [9.17, 15) is 20.2 Å². The fraction of sp³-hybridized carbons (Fsp3) is 0. The minimum Gasteiger partial charge on any atom is -0.358 e. The molecule has 0 aliphatic heterocycles. The summed E-state index contributed by atoms with van der Waals surface area (Å²) in [7, 11) is 0. The molecule has 4 aromatic rings. The van der Waals surface area contributed by atoms with Crippen molar-refractivity contribution >= 4 is 45.3 Å². The molecule has 4 heterocycles. The van der Waals surface area contributed by atoms with Crippen LogP contribution >= 0.6 is 0 Å². The van der Waals surface area contributed by atoms with E-state index in [1.165, 1.54) is 0 Å². The molecule has 0 aliphatic carbocycles. The molecule has 0 unspecified atom stereocenters. The van der Waals surface area contributed by atoms with Gasteiger partial charge in [-0.1, -0.05) is 24.9 Å². The van der Waals surface area contributed by atoms with Crippen molar-refractivity contribution in [1.29, 1.82) is 0 Å². The van der Waals surface area contributed by atoms with E-state index in [1.807, 2.05) is 0 Å². The van der Waals surface area contributed by atoms with Crippen molar-refractivity contribution in [3.8, 4) is 0 Å². The summed E-state index contributed by atoms with van der Waals surface area (Å²) < 4.78 is 1.91. The molecule has 0 N–H and O–H groups in total. The van der Waals surface area contributed by atoms with Crippen molar-refractivity contribution in [3.05, 3.63) is 53.2 Å². The van der Waals surface area contributed by atoms with Crippen LogP contribution in [0.2, 0.25) is 0 Å². The monoisotopic (exact) mass is 382 g/mol. The maximum absolute atomic E-state index is 11.1. The molecule has 0 aromatic carbocycles. The van der Waals surface area contributed by atoms with E-state index in [0.29, 0.717) is 0 Å². The zero-order chi connectivity index (χ0) is 20.0. The second kappa shape index (κ2) is 5.73. The lowest BCUT2D eigenvalue weighted by atomic mass is 10.3. The Balaban J connectivity index is 2.24. The van der Waals surface area contributed by atoms with E-state index in [1.54, 1.807) is 0 Å². The third-order valence-corrected chi connectivity index (χ3v) is 3.52. The highest BCUT2D eigenvalue weighted by atomic mass is 16.6. The quantitative estimate of drug-likeness (QED) is 0.125. The van der Waals surface area contributed by atoms with Gasteiger partial charge in [-0.2, -0.15) is 0 Å².